The predicted molar refractivity (Wildman–Crippen MR) is 96.9 cm³/mol. The minimum atomic E-state index is -0.488. The second kappa shape index (κ2) is 7.79. The molecule has 0 atom stereocenters. The van der Waals surface area contributed by atoms with Crippen molar-refractivity contribution in [3.63, 3.8) is 0 Å². The summed E-state index contributed by atoms with van der Waals surface area (Å²) in [5, 5.41) is 5.40. The number of anilines is 2. The zero-order valence-electron chi connectivity index (χ0n) is 13.3. The van der Waals surface area contributed by atoms with Crippen LogP contribution in [0.1, 0.15) is 10.4 Å². The average molecular weight is 332 g/mol. The second-order valence-electron chi connectivity index (χ2n) is 5.23. The van der Waals surface area contributed by atoms with E-state index in [-0.39, 0.29) is 6.03 Å². The van der Waals surface area contributed by atoms with Gasteiger partial charge in [0, 0.05) is 11.4 Å². The van der Waals surface area contributed by atoms with Crippen LogP contribution in [0.3, 0.4) is 0 Å². The van der Waals surface area contributed by atoms with E-state index in [0.717, 1.165) is 0 Å². The van der Waals surface area contributed by atoms with Gasteiger partial charge in [-0.25, -0.2) is 9.59 Å². The number of urea groups is 1. The Morgan fingerprint density at radius 2 is 1.28 bits per heavy atom. The molecule has 3 aromatic rings. The summed E-state index contributed by atoms with van der Waals surface area (Å²) in [6.07, 6.45) is 0. The largest absolute Gasteiger partial charge is 0.423 e. The van der Waals surface area contributed by atoms with Crippen molar-refractivity contribution in [3.8, 4) is 5.75 Å². The highest BCUT2D eigenvalue weighted by Crippen LogP contribution is 2.15. The van der Waals surface area contributed by atoms with Gasteiger partial charge in [-0.15, -0.1) is 0 Å². The number of carbonyl (C=O) groups excluding carboxylic acids is 2. The molecule has 5 nitrogen and oxygen atoms in total. The highest BCUT2D eigenvalue weighted by molar-refractivity contribution is 6.00. The van der Waals surface area contributed by atoms with Gasteiger partial charge in [0.1, 0.15) is 5.75 Å². The Morgan fingerprint density at radius 1 is 0.680 bits per heavy atom. The standard InChI is InChI=1S/C20H16N2O3/c23-19(25-18-12-5-2-6-13-18)15-8-7-11-17(14-15)22-20(24)21-16-9-3-1-4-10-16/h1-14H,(H2,21,22,24). The van der Waals surface area contributed by atoms with Gasteiger partial charge in [-0.1, -0.05) is 42.5 Å². The first-order valence-electron chi connectivity index (χ1n) is 7.71. The van der Waals surface area contributed by atoms with Crippen LogP contribution in [0.4, 0.5) is 16.2 Å². The highest BCUT2D eigenvalue weighted by atomic mass is 16.5. The monoisotopic (exact) mass is 332 g/mol. The van der Waals surface area contributed by atoms with E-state index in [4.69, 9.17) is 4.74 Å². The van der Waals surface area contributed by atoms with Crippen molar-refractivity contribution < 1.29 is 14.3 Å². The van der Waals surface area contributed by atoms with Crippen molar-refractivity contribution in [3.05, 3.63) is 90.5 Å². The lowest BCUT2D eigenvalue weighted by Crippen LogP contribution is -2.19. The van der Waals surface area contributed by atoms with Crippen LogP contribution >= 0.6 is 0 Å². The van der Waals surface area contributed by atoms with E-state index in [9.17, 15) is 9.59 Å². The molecule has 0 saturated heterocycles. The maximum atomic E-state index is 12.2. The molecule has 3 rings (SSSR count). The SMILES string of the molecule is O=C(Nc1ccccc1)Nc1cccc(C(=O)Oc2ccccc2)c1. The van der Waals surface area contributed by atoms with E-state index in [1.165, 1.54) is 0 Å². The highest BCUT2D eigenvalue weighted by Gasteiger charge is 2.10. The molecule has 0 unspecified atom stereocenters. The molecule has 2 N–H and O–H groups in total. The first kappa shape index (κ1) is 16.3. The fourth-order valence-corrected chi connectivity index (χ4v) is 2.19. The Hall–Kier alpha value is -3.60. The fraction of sp³-hybridized carbons (Fsp3) is 0. The summed E-state index contributed by atoms with van der Waals surface area (Å²) in [5.41, 5.74) is 1.52. The summed E-state index contributed by atoms with van der Waals surface area (Å²) in [5.74, 6) is -0.0222. The van der Waals surface area contributed by atoms with Crippen molar-refractivity contribution >= 4 is 23.4 Å². The zero-order chi connectivity index (χ0) is 17.5. The van der Waals surface area contributed by atoms with Gasteiger partial charge in [-0.3, -0.25) is 0 Å². The lowest BCUT2D eigenvalue weighted by molar-refractivity contribution is 0.0735. The quantitative estimate of drug-likeness (QED) is 0.544. The van der Waals surface area contributed by atoms with Crippen molar-refractivity contribution in [1.82, 2.24) is 0 Å². The molecule has 0 saturated carbocycles. The van der Waals surface area contributed by atoms with Gasteiger partial charge in [-0.05, 0) is 42.5 Å². The average Bonchev–Trinajstić information content (AvgIpc) is 2.63. The number of carbonyl (C=O) groups is 2. The Bertz CT molecular complexity index is 864. The van der Waals surface area contributed by atoms with Gasteiger partial charge in [0.15, 0.2) is 0 Å². The molecule has 0 heterocycles. The summed E-state index contributed by atoms with van der Waals surface area (Å²) < 4.78 is 5.29. The number of para-hydroxylation sites is 2. The van der Waals surface area contributed by atoms with Crippen LogP contribution in [-0.2, 0) is 0 Å². The van der Waals surface area contributed by atoms with Gasteiger partial charge >= 0.3 is 12.0 Å². The molecular formula is C20H16N2O3. The van der Waals surface area contributed by atoms with Crippen LogP contribution in [0, 0.1) is 0 Å². The molecule has 25 heavy (non-hydrogen) atoms. The van der Waals surface area contributed by atoms with Crippen molar-refractivity contribution in [2.75, 3.05) is 10.6 Å². The van der Waals surface area contributed by atoms with Gasteiger partial charge in [0.2, 0.25) is 0 Å². The Labute approximate surface area is 145 Å². The molecule has 2 amide bonds. The number of benzene rings is 3. The maximum Gasteiger partial charge on any atom is 0.343 e. The molecule has 0 spiro atoms. The molecule has 5 heteroatoms. The molecule has 0 aliphatic heterocycles. The Kier molecular flexibility index (Phi) is 5.07. The number of ether oxygens (including phenoxy) is 1. The van der Waals surface area contributed by atoms with Crippen molar-refractivity contribution in [1.29, 1.82) is 0 Å². The number of nitrogens with one attached hydrogen (secondary N) is 2. The summed E-state index contributed by atoms with van der Waals surface area (Å²) >= 11 is 0. The van der Waals surface area contributed by atoms with Crippen LogP contribution in [0.15, 0.2) is 84.9 Å². The lowest BCUT2D eigenvalue weighted by Gasteiger charge is -2.09. The normalized spacial score (nSPS) is 9.92. The smallest absolute Gasteiger partial charge is 0.343 e. The van der Waals surface area contributed by atoms with Crippen LogP contribution in [-0.4, -0.2) is 12.0 Å². The second-order valence-corrected chi connectivity index (χ2v) is 5.23. The summed E-state index contributed by atoms with van der Waals surface area (Å²) in [7, 11) is 0. The first-order valence-corrected chi connectivity index (χ1v) is 7.71. The predicted octanol–water partition coefficient (Wildman–Crippen LogP) is 4.55. The Balaban J connectivity index is 1.65. The number of amides is 2. The van der Waals surface area contributed by atoms with Crippen LogP contribution in [0.25, 0.3) is 0 Å². The van der Waals surface area contributed by atoms with E-state index in [2.05, 4.69) is 10.6 Å². The van der Waals surface area contributed by atoms with E-state index in [0.29, 0.717) is 22.7 Å². The molecular weight excluding hydrogens is 316 g/mol. The topological polar surface area (TPSA) is 67.4 Å². The summed E-state index contributed by atoms with van der Waals surface area (Å²) in [6, 6.07) is 24.1. The van der Waals surface area contributed by atoms with Crippen molar-refractivity contribution in [2.24, 2.45) is 0 Å². The summed E-state index contributed by atoms with van der Waals surface area (Å²) in [4.78, 5) is 24.2. The van der Waals surface area contributed by atoms with E-state index in [1.807, 2.05) is 24.3 Å². The van der Waals surface area contributed by atoms with Crippen LogP contribution < -0.4 is 15.4 Å². The number of rotatable bonds is 4. The van der Waals surface area contributed by atoms with E-state index in [1.54, 1.807) is 60.7 Å². The molecule has 124 valence electrons. The third kappa shape index (κ3) is 4.68. The first-order chi connectivity index (χ1) is 12.2. The lowest BCUT2D eigenvalue weighted by atomic mass is 10.2. The minimum absolute atomic E-state index is 0.348. The summed E-state index contributed by atoms with van der Waals surface area (Å²) in [6.45, 7) is 0. The molecule has 0 aliphatic carbocycles. The minimum Gasteiger partial charge on any atom is -0.423 e. The molecule has 0 aromatic heterocycles. The maximum absolute atomic E-state index is 12.2. The van der Waals surface area contributed by atoms with E-state index >= 15 is 0 Å². The van der Waals surface area contributed by atoms with Crippen LogP contribution in [0.2, 0.25) is 0 Å². The molecule has 0 bridgehead atoms. The van der Waals surface area contributed by atoms with E-state index < -0.39 is 5.97 Å². The van der Waals surface area contributed by atoms with Crippen LogP contribution in [0.5, 0.6) is 5.75 Å². The third-order valence-electron chi connectivity index (χ3n) is 3.34. The van der Waals surface area contributed by atoms with Crippen molar-refractivity contribution in [2.45, 2.75) is 0 Å². The molecule has 3 aromatic carbocycles. The Morgan fingerprint density at radius 3 is 2.00 bits per heavy atom. The molecule has 0 aliphatic rings. The molecule has 0 fully saturated rings. The van der Waals surface area contributed by atoms with Gasteiger partial charge < -0.3 is 15.4 Å². The fourth-order valence-electron chi connectivity index (χ4n) is 2.19. The third-order valence-corrected chi connectivity index (χ3v) is 3.34. The molecule has 0 radical (unpaired) electrons. The number of hydrogen-bond donors (Lipinski definition) is 2. The van der Waals surface area contributed by atoms with Gasteiger partial charge in [0.25, 0.3) is 0 Å². The number of esters is 1. The van der Waals surface area contributed by atoms with Gasteiger partial charge in [-0.2, -0.15) is 0 Å². The zero-order valence-corrected chi connectivity index (χ0v) is 13.3. The van der Waals surface area contributed by atoms with Gasteiger partial charge in [0.05, 0.1) is 5.56 Å². The number of hydrogen-bond acceptors (Lipinski definition) is 3.